The summed E-state index contributed by atoms with van der Waals surface area (Å²) in [6.45, 7) is 2.66. The lowest BCUT2D eigenvalue weighted by Crippen LogP contribution is -2.18. The summed E-state index contributed by atoms with van der Waals surface area (Å²) in [5, 5.41) is 2.60. The quantitative estimate of drug-likeness (QED) is 0.630. The second kappa shape index (κ2) is 8.12. The number of carbonyl (C=O) groups is 1. The summed E-state index contributed by atoms with van der Waals surface area (Å²) in [7, 11) is 0. The summed E-state index contributed by atoms with van der Waals surface area (Å²) in [6.07, 6.45) is -1.34. The molecule has 0 saturated carbocycles. The van der Waals surface area contributed by atoms with E-state index in [1.54, 1.807) is 12.3 Å². The number of benzene rings is 2. The maximum atomic E-state index is 12.6. The predicted molar refractivity (Wildman–Crippen MR) is 103 cm³/mol. The molecule has 0 radical (unpaired) electrons. The molecule has 3 aromatic rings. The second-order valence-electron chi connectivity index (χ2n) is 6.04. The molecular weight excluding hydrogens is 367 g/mol. The van der Waals surface area contributed by atoms with E-state index in [1.807, 2.05) is 42.2 Å². The van der Waals surface area contributed by atoms with Crippen molar-refractivity contribution in [1.29, 1.82) is 0 Å². The van der Waals surface area contributed by atoms with Gasteiger partial charge in [-0.2, -0.15) is 13.2 Å². The van der Waals surface area contributed by atoms with Gasteiger partial charge >= 0.3 is 6.18 Å². The Labute approximate surface area is 160 Å². The highest BCUT2D eigenvalue weighted by Crippen LogP contribution is 2.30. The second-order valence-corrected chi connectivity index (χ2v) is 6.04. The van der Waals surface area contributed by atoms with Crippen LogP contribution in [0, 0.1) is 0 Å². The zero-order chi connectivity index (χ0) is 20.1. The Morgan fingerprint density at radius 1 is 1.00 bits per heavy atom. The molecule has 1 heterocycles. The molecule has 7 heteroatoms. The van der Waals surface area contributed by atoms with Crippen LogP contribution in [0.15, 0.2) is 73.1 Å². The molecule has 144 valence electrons. The summed E-state index contributed by atoms with van der Waals surface area (Å²) in [5.41, 5.74) is 1.53. The number of para-hydroxylation sites is 1. The van der Waals surface area contributed by atoms with Crippen molar-refractivity contribution in [3.05, 3.63) is 84.2 Å². The minimum Gasteiger partial charge on any atom is -0.340 e. The van der Waals surface area contributed by atoms with Crippen molar-refractivity contribution >= 4 is 23.0 Å². The molecule has 3 rings (SSSR count). The highest BCUT2D eigenvalue weighted by molar-refractivity contribution is 6.04. The van der Waals surface area contributed by atoms with Crippen molar-refractivity contribution in [2.24, 2.45) is 0 Å². The van der Waals surface area contributed by atoms with E-state index in [0.717, 1.165) is 23.5 Å². The third-order valence-electron chi connectivity index (χ3n) is 4.15. The Kier molecular flexibility index (Phi) is 5.63. The van der Waals surface area contributed by atoms with Crippen LogP contribution >= 0.6 is 0 Å². The number of rotatable bonds is 5. The fourth-order valence-corrected chi connectivity index (χ4v) is 2.77. The van der Waals surface area contributed by atoms with Crippen molar-refractivity contribution in [2.45, 2.75) is 13.1 Å². The molecule has 2 aromatic carbocycles. The van der Waals surface area contributed by atoms with E-state index < -0.39 is 17.6 Å². The van der Waals surface area contributed by atoms with Gasteiger partial charge in [-0.05, 0) is 49.4 Å². The number of anilines is 3. The Bertz CT molecular complexity index is 941. The summed E-state index contributed by atoms with van der Waals surface area (Å²) >= 11 is 0. The van der Waals surface area contributed by atoms with Gasteiger partial charge in [-0.15, -0.1) is 0 Å². The number of hydrogen-bond donors (Lipinski definition) is 1. The Morgan fingerprint density at radius 3 is 2.29 bits per heavy atom. The van der Waals surface area contributed by atoms with E-state index in [1.165, 1.54) is 18.3 Å². The van der Waals surface area contributed by atoms with E-state index in [-0.39, 0.29) is 5.69 Å². The largest absolute Gasteiger partial charge is 0.416 e. The lowest BCUT2D eigenvalue weighted by atomic mass is 10.2. The number of aromatic nitrogens is 1. The van der Waals surface area contributed by atoms with E-state index in [4.69, 9.17) is 0 Å². The molecule has 0 aliphatic rings. The highest BCUT2D eigenvalue weighted by Gasteiger charge is 2.30. The number of amides is 1. The fourth-order valence-electron chi connectivity index (χ4n) is 2.77. The summed E-state index contributed by atoms with van der Waals surface area (Å²) in [6, 6.07) is 15.7. The van der Waals surface area contributed by atoms with E-state index >= 15 is 0 Å². The van der Waals surface area contributed by atoms with Crippen LogP contribution in [0.4, 0.5) is 30.2 Å². The van der Waals surface area contributed by atoms with Crippen molar-refractivity contribution in [1.82, 2.24) is 4.98 Å². The van der Waals surface area contributed by atoms with Crippen LogP contribution in [0.2, 0.25) is 0 Å². The third-order valence-corrected chi connectivity index (χ3v) is 4.15. The van der Waals surface area contributed by atoms with Crippen LogP contribution < -0.4 is 10.2 Å². The predicted octanol–water partition coefficient (Wildman–Crippen LogP) is 5.51. The maximum absolute atomic E-state index is 12.6. The monoisotopic (exact) mass is 385 g/mol. The van der Waals surface area contributed by atoms with Gasteiger partial charge in [0.1, 0.15) is 0 Å². The number of alkyl halides is 3. The first-order chi connectivity index (χ1) is 13.4. The number of nitrogens with one attached hydrogen (secondary N) is 1. The van der Waals surface area contributed by atoms with Gasteiger partial charge in [0.05, 0.1) is 23.0 Å². The van der Waals surface area contributed by atoms with Crippen molar-refractivity contribution in [3.8, 4) is 0 Å². The average molecular weight is 385 g/mol. The fraction of sp³-hybridized carbons (Fsp3) is 0.143. The summed E-state index contributed by atoms with van der Waals surface area (Å²) in [4.78, 5) is 18.6. The normalized spacial score (nSPS) is 11.1. The molecule has 0 bridgehead atoms. The Hall–Kier alpha value is -3.35. The molecule has 0 aliphatic carbocycles. The zero-order valence-electron chi connectivity index (χ0n) is 15.1. The first kappa shape index (κ1) is 19.4. The minimum atomic E-state index is -4.41. The zero-order valence-corrected chi connectivity index (χ0v) is 15.1. The number of carbonyl (C=O) groups excluding carboxylic acids is 1. The third kappa shape index (κ3) is 4.49. The molecule has 0 saturated heterocycles. The van der Waals surface area contributed by atoms with Gasteiger partial charge in [-0.3, -0.25) is 9.78 Å². The maximum Gasteiger partial charge on any atom is 0.416 e. The van der Waals surface area contributed by atoms with Crippen molar-refractivity contribution < 1.29 is 18.0 Å². The van der Waals surface area contributed by atoms with Crippen LogP contribution in [0.5, 0.6) is 0 Å². The van der Waals surface area contributed by atoms with Crippen molar-refractivity contribution in [3.63, 3.8) is 0 Å². The molecule has 1 amide bonds. The molecular formula is C21H18F3N3O. The van der Waals surface area contributed by atoms with Crippen LogP contribution in [-0.2, 0) is 6.18 Å². The molecule has 1 aromatic heterocycles. The van der Waals surface area contributed by atoms with Gasteiger partial charge in [-0.1, -0.05) is 18.2 Å². The van der Waals surface area contributed by atoms with E-state index in [2.05, 4.69) is 10.3 Å². The molecule has 0 unspecified atom stereocenters. The molecule has 4 nitrogen and oxygen atoms in total. The Morgan fingerprint density at radius 2 is 1.68 bits per heavy atom. The van der Waals surface area contributed by atoms with Gasteiger partial charge in [0.2, 0.25) is 0 Å². The van der Waals surface area contributed by atoms with Gasteiger partial charge in [0.25, 0.3) is 5.91 Å². The summed E-state index contributed by atoms with van der Waals surface area (Å²) < 4.78 is 37.9. The highest BCUT2D eigenvalue weighted by atomic mass is 19.4. The molecule has 0 fully saturated rings. The van der Waals surface area contributed by atoms with Crippen LogP contribution in [0.3, 0.4) is 0 Å². The van der Waals surface area contributed by atoms with Gasteiger partial charge in [0, 0.05) is 24.1 Å². The topological polar surface area (TPSA) is 45.2 Å². The van der Waals surface area contributed by atoms with Gasteiger partial charge < -0.3 is 10.2 Å². The van der Waals surface area contributed by atoms with Crippen LogP contribution in [-0.4, -0.2) is 17.4 Å². The number of pyridine rings is 1. The molecule has 28 heavy (non-hydrogen) atoms. The van der Waals surface area contributed by atoms with Gasteiger partial charge in [0.15, 0.2) is 0 Å². The Balaban J connectivity index is 1.79. The molecule has 0 aliphatic heterocycles. The number of nitrogens with zero attached hydrogens (tertiary/aromatic N) is 2. The van der Waals surface area contributed by atoms with E-state index in [9.17, 15) is 18.0 Å². The lowest BCUT2D eigenvalue weighted by Gasteiger charge is -2.23. The molecule has 0 atom stereocenters. The average Bonchev–Trinajstić information content (AvgIpc) is 2.69. The first-order valence-electron chi connectivity index (χ1n) is 8.64. The molecule has 0 spiro atoms. The standard InChI is InChI=1S/C21H18F3N3O/c1-2-27(18-6-4-3-5-7-18)19-12-15(13-25-14-19)20(28)26-17-10-8-16(9-11-17)21(22,23)24/h3-14H,2H2,1H3,(H,26,28). The number of halogens is 3. The SMILES string of the molecule is CCN(c1ccccc1)c1cncc(C(=O)Nc2ccc(C(F)(F)F)cc2)c1. The minimum absolute atomic E-state index is 0.277. The molecule has 1 N–H and O–H groups in total. The summed E-state index contributed by atoms with van der Waals surface area (Å²) in [5.74, 6) is -0.446. The lowest BCUT2D eigenvalue weighted by molar-refractivity contribution is -0.137. The number of hydrogen-bond acceptors (Lipinski definition) is 3. The van der Waals surface area contributed by atoms with Gasteiger partial charge in [-0.25, -0.2) is 0 Å². The van der Waals surface area contributed by atoms with E-state index in [0.29, 0.717) is 12.1 Å². The van der Waals surface area contributed by atoms with Crippen molar-refractivity contribution in [2.75, 3.05) is 16.8 Å². The van der Waals surface area contributed by atoms with Crippen LogP contribution in [0.1, 0.15) is 22.8 Å². The first-order valence-corrected chi connectivity index (χ1v) is 8.64. The smallest absolute Gasteiger partial charge is 0.340 e. The van der Waals surface area contributed by atoms with Crippen LogP contribution in [0.25, 0.3) is 0 Å².